The first-order valence-corrected chi connectivity index (χ1v) is 14.9. The van der Waals surface area contributed by atoms with Crippen LogP contribution in [0.4, 0.5) is 5.69 Å². The molecule has 2 rings (SSSR count). The Hall–Kier alpha value is -2.87. The zero-order valence-electron chi connectivity index (χ0n) is 23.4. The molecule has 7 nitrogen and oxygen atoms in total. The van der Waals surface area contributed by atoms with Gasteiger partial charge in [0.1, 0.15) is 6.04 Å². The summed E-state index contributed by atoms with van der Waals surface area (Å²) in [4.78, 5) is 28.2. The summed E-state index contributed by atoms with van der Waals surface area (Å²) >= 11 is 0. The molecule has 2 aromatic carbocycles. The van der Waals surface area contributed by atoms with E-state index in [1.54, 1.807) is 11.0 Å². The molecule has 0 fully saturated rings. The fraction of sp³-hybridized carbons (Fsp3) is 0.517. The first kappa shape index (κ1) is 30.4. The van der Waals surface area contributed by atoms with Crippen LogP contribution < -0.4 is 9.62 Å². The molecule has 0 bridgehead atoms. The van der Waals surface area contributed by atoms with Gasteiger partial charge in [-0.2, -0.15) is 0 Å². The summed E-state index contributed by atoms with van der Waals surface area (Å²) in [6.07, 6.45) is 2.15. The van der Waals surface area contributed by atoms with E-state index in [1.807, 2.05) is 77.9 Å². The molecule has 0 aliphatic heterocycles. The van der Waals surface area contributed by atoms with Gasteiger partial charge in [-0.05, 0) is 62.3 Å². The molecule has 0 saturated carbocycles. The number of rotatable bonds is 13. The molecule has 1 N–H and O–H groups in total. The lowest BCUT2D eigenvalue weighted by Crippen LogP contribution is -2.49. The van der Waals surface area contributed by atoms with Gasteiger partial charge in [0.05, 0.1) is 11.9 Å². The third-order valence-electron chi connectivity index (χ3n) is 6.50. The zero-order chi connectivity index (χ0) is 27.8. The first-order chi connectivity index (χ1) is 17.3. The molecule has 37 heavy (non-hydrogen) atoms. The van der Waals surface area contributed by atoms with Crippen LogP contribution in [0.3, 0.4) is 0 Å². The predicted molar refractivity (Wildman–Crippen MR) is 151 cm³/mol. The lowest BCUT2D eigenvalue weighted by atomic mass is 10.1. The quantitative estimate of drug-likeness (QED) is 0.406. The van der Waals surface area contributed by atoms with Crippen molar-refractivity contribution in [2.75, 3.05) is 23.7 Å². The molecular weight excluding hydrogens is 486 g/mol. The minimum absolute atomic E-state index is 0.136. The normalized spacial score (nSPS) is 12.3. The topological polar surface area (TPSA) is 86.8 Å². The Balaban J connectivity index is 2.24. The molecule has 0 spiro atoms. The van der Waals surface area contributed by atoms with Crippen LogP contribution in [0, 0.1) is 26.7 Å². The summed E-state index contributed by atoms with van der Waals surface area (Å²) < 4.78 is 26.6. The Bertz CT molecular complexity index is 1180. The van der Waals surface area contributed by atoms with E-state index >= 15 is 0 Å². The van der Waals surface area contributed by atoms with Crippen molar-refractivity contribution in [1.29, 1.82) is 0 Å². The SMILES string of the molecule is CCC(C(=O)NCC(C)C)N(Cc1cccc(C)c1)C(=O)CCCN(c1cccc(C)c1C)S(C)(=O)=O. The molecule has 2 aromatic rings. The number of anilines is 1. The van der Waals surface area contributed by atoms with E-state index in [0.29, 0.717) is 37.5 Å². The average Bonchev–Trinajstić information content (AvgIpc) is 2.81. The average molecular weight is 530 g/mol. The number of nitrogens with one attached hydrogen (secondary N) is 1. The van der Waals surface area contributed by atoms with Crippen molar-refractivity contribution in [2.24, 2.45) is 5.92 Å². The van der Waals surface area contributed by atoms with E-state index in [-0.39, 0.29) is 24.8 Å². The van der Waals surface area contributed by atoms with Crippen molar-refractivity contribution >= 4 is 27.5 Å². The second kappa shape index (κ2) is 13.6. The largest absolute Gasteiger partial charge is 0.354 e. The van der Waals surface area contributed by atoms with Gasteiger partial charge in [-0.25, -0.2) is 8.42 Å². The van der Waals surface area contributed by atoms with Crippen LogP contribution in [0.2, 0.25) is 0 Å². The number of sulfonamides is 1. The molecular formula is C29H43N3O4S. The molecule has 0 aliphatic carbocycles. The highest BCUT2D eigenvalue weighted by atomic mass is 32.2. The third-order valence-corrected chi connectivity index (χ3v) is 7.68. The summed E-state index contributed by atoms with van der Waals surface area (Å²) in [5.41, 5.74) is 4.57. The molecule has 0 heterocycles. The van der Waals surface area contributed by atoms with Gasteiger partial charge in [0.2, 0.25) is 21.8 Å². The van der Waals surface area contributed by atoms with Gasteiger partial charge in [-0.3, -0.25) is 13.9 Å². The van der Waals surface area contributed by atoms with Gasteiger partial charge >= 0.3 is 0 Å². The van der Waals surface area contributed by atoms with Crippen molar-refractivity contribution < 1.29 is 18.0 Å². The number of hydrogen-bond donors (Lipinski definition) is 1. The summed E-state index contributed by atoms with van der Waals surface area (Å²) in [6.45, 7) is 12.9. The Morgan fingerprint density at radius 1 is 1.03 bits per heavy atom. The van der Waals surface area contributed by atoms with Crippen molar-refractivity contribution in [3.63, 3.8) is 0 Å². The van der Waals surface area contributed by atoms with Crippen LogP contribution >= 0.6 is 0 Å². The Morgan fingerprint density at radius 3 is 2.30 bits per heavy atom. The highest BCUT2D eigenvalue weighted by molar-refractivity contribution is 7.92. The van der Waals surface area contributed by atoms with Crippen LogP contribution in [0.25, 0.3) is 0 Å². The van der Waals surface area contributed by atoms with Gasteiger partial charge in [0.15, 0.2) is 0 Å². The number of carbonyl (C=O) groups is 2. The minimum atomic E-state index is -3.53. The van der Waals surface area contributed by atoms with Gasteiger partial charge in [-0.15, -0.1) is 0 Å². The van der Waals surface area contributed by atoms with Crippen LogP contribution in [-0.4, -0.2) is 50.5 Å². The maximum absolute atomic E-state index is 13.5. The van der Waals surface area contributed by atoms with Crippen molar-refractivity contribution in [1.82, 2.24) is 10.2 Å². The highest BCUT2D eigenvalue weighted by Gasteiger charge is 2.29. The zero-order valence-corrected chi connectivity index (χ0v) is 24.2. The molecule has 2 amide bonds. The van der Waals surface area contributed by atoms with Gasteiger partial charge in [0.25, 0.3) is 0 Å². The standard InChI is InChI=1S/C29H43N3O4S/c1-8-26(29(34)30-19-21(2)3)31(20-25-14-9-12-22(4)18-25)28(33)16-11-17-32(37(7,35)36)27-15-10-13-23(5)24(27)6/h9-10,12-15,18,21,26H,8,11,16-17,19-20H2,1-7H3,(H,30,34). The van der Waals surface area contributed by atoms with Gasteiger partial charge in [-0.1, -0.05) is 62.7 Å². The molecule has 0 aromatic heterocycles. The third kappa shape index (κ3) is 8.88. The second-order valence-electron chi connectivity index (χ2n) is 10.2. The van der Waals surface area contributed by atoms with Crippen molar-refractivity contribution in [2.45, 2.75) is 73.4 Å². The van der Waals surface area contributed by atoms with E-state index in [4.69, 9.17) is 0 Å². The number of amides is 2. The number of benzene rings is 2. The molecule has 8 heteroatoms. The van der Waals surface area contributed by atoms with Crippen LogP contribution in [-0.2, 0) is 26.2 Å². The Labute approximate surface area is 223 Å². The predicted octanol–water partition coefficient (Wildman–Crippen LogP) is 4.74. The lowest BCUT2D eigenvalue weighted by Gasteiger charge is -2.31. The molecule has 0 aliphatic rings. The van der Waals surface area contributed by atoms with Gasteiger partial charge < -0.3 is 10.2 Å². The fourth-order valence-electron chi connectivity index (χ4n) is 4.34. The van der Waals surface area contributed by atoms with E-state index in [2.05, 4.69) is 5.32 Å². The highest BCUT2D eigenvalue weighted by Crippen LogP contribution is 2.25. The molecule has 1 atom stereocenters. The monoisotopic (exact) mass is 529 g/mol. The van der Waals surface area contributed by atoms with E-state index in [9.17, 15) is 18.0 Å². The number of hydrogen-bond acceptors (Lipinski definition) is 4. The van der Waals surface area contributed by atoms with Crippen LogP contribution in [0.15, 0.2) is 42.5 Å². The summed E-state index contributed by atoms with van der Waals surface area (Å²) in [5, 5.41) is 2.97. The Kier molecular flexibility index (Phi) is 11.2. The summed E-state index contributed by atoms with van der Waals surface area (Å²) in [5.74, 6) is -0.0257. The van der Waals surface area contributed by atoms with Crippen LogP contribution in [0.1, 0.15) is 62.3 Å². The van der Waals surface area contributed by atoms with Gasteiger partial charge in [0, 0.05) is 26.1 Å². The fourth-order valence-corrected chi connectivity index (χ4v) is 5.35. The summed E-state index contributed by atoms with van der Waals surface area (Å²) in [7, 11) is -3.53. The minimum Gasteiger partial charge on any atom is -0.354 e. The maximum Gasteiger partial charge on any atom is 0.242 e. The number of carbonyl (C=O) groups excluding carboxylic acids is 2. The molecule has 0 radical (unpaired) electrons. The lowest BCUT2D eigenvalue weighted by molar-refractivity contribution is -0.141. The van der Waals surface area contributed by atoms with Crippen molar-refractivity contribution in [3.05, 3.63) is 64.7 Å². The smallest absolute Gasteiger partial charge is 0.242 e. The number of nitrogens with zero attached hydrogens (tertiary/aromatic N) is 2. The summed E-state index contributed by atoms with van der Waals surface area (Å²) in [6, 6.07) is 12.9. The molecule has 0 saturated heterocycles. The molecule has 1 unspecified atom stereocenters. The second-order valence-corrected chi connectivity index (χ2v) is 12.1. The maximum atomic E-state index is 13.5. The van der Waals surface area contributed by atoms with E-state index in [1.165, 1.54) is 10.6 Å². The van der Waals surface area contributed by atoms with E-state index in [0.717, 1.165) is 22.3 Å². The Morgan fingerprint density at radius 2 is 1.70 bits per heavy atom. The van der Waals surface area contributed by atoms with E-state index < -0.39 is 16.1 Å². The van der Waals surface area contributed by atoms with Crippen molar-refractivity contribution in [3.8, 4) is 0 Å². The number of aryl methyl sites for hydroxylation is 2. The molecule has 204 valence electrons. The van der Waals surface area contributed by atoms with Crippen LogP contribution in [0.5, 0.6) is 0 Å². The first-order valence-electron chi connectivity index (χ1n) is 13.0.